The Kier molecular flexibility index (Phi) is 4.02. The van der Waals surface area contributed by atoms with Crippen LogP contribution in [0.2, 0.25) is 0 Å². The molecule has 1 aliphatic carbocycles. The van der Waals surface area contributed by atoms with Crippen LogP contribution in [0.5, 0.6) is 0 Å². The van der Waals surface area contributed by atoms with E-state index in [2.05, 4.69) is 5.32 Å². The summed E-state index contributed by atoms with van der Waals surface area (Å²) in [4.78, 5) is 12.0. The summed E-state index contributed by atoms with van der Waals surface area (Å²) >= 11 is 0. The molecule has 1 aromatic rings. The summed E-state index contributed by atoms with van der Waals surface area (Å²) in [5.74, 6) is -1.84. The Balaban J connectivity index is 2.09. The van der Waals surface area contributed by atoms with Crippen LogP contribution in [-0.2, 0) is 0 Å². The van der Waals surface area contributed by atoms with Crippen LogP contribution in [0, 0.1) is 17.6 Å². The predicted molar refractivity (Wildman–Crippen MR) is 69.7 cm³/mol. The van der Waals surface area contributed by atoms with Gasteiger partial charge in [0.1, 0.15) is 11.6 Å². The summed E-state index contributed by atoms with van der Waals surface area (Å²) in [6, 6.07) is 1.67. The van der Waals surface area contributed by atoms with Gasteiger partial charge < -0.3 is 11.1 Å². The molecule has 1 saturated carbocycles. The van der Waals surface area contributed by atoms with Crippen LogP contribution in [-0.4, -0.2) is 11.9 Å². The van der Waals surface area contributed by atoms with Crippen molar-refractivity contribution < 1.29 is 13.6 Å². The first-order valence-electron chi connectivity index (χ1n) is 6.54. The minimum atomic E-state index is -0.886. The first-order valence-corrected chi connectivity index (χ1v) is 6.54. The molecule has 0 radical (unpaired) electrons. The van der Waals surface area contributed by atoms with Crippen LogP contribution in [0.3, 0.4) is 0 Å². The smallest absolute Gasteiger partial charge is 0.254 e. The van der Waals surface area contributed by atoms with Crippen molar-refractivity contribution in [3.63, 3.8) is 0 Å². The molecule has 0 aromatic heterocycles. The molecule has 5 heteroatoms. The molecule has 0 spiro atoms. The molecule has 1 atom stereocenters. The highest BCUT2D eigenvalue weighted by Gasteiger charge is 2.24. The van der Waals surface area contributed by atoms with E-state index < -0.39 is 17.5 Å². The van der Waals surface area contributed by atoms with Crippen LogP contribution < -0.4 is 11.1 Å². The minimum Gasteiger partial charge on any atom is -0.396 e. The van der Waals surface area contributed by atoms with Crippen molar-refractivity contribution in [3.05, 3.63) is 29.3 Å². The van der Waals surface area contributed by atoms with Crippen molar-refractivity contribution >= 4 is 11.6 Å². The maximum absolute atomic E-state index is 13.6. The van der Waals surface area contributed by atoms with Crippen molar-refractivity contribution in [1.82, 2.24) is 5.32 Å². The van der Waals surface area contributed by atoms with E-state index in [-0.39, 0.29) is 17.3 Å². The van der Waals surface area contributed by atoms with Crippen LogP contribution in [0.15, 0.2) is 12.1 Å². The molecule has 2 rings (SSSR count). The van der Waals surface area contributed by atoms with Gasteiger partial charge in [0.25, 0.3) is 5.91 Å². The lowest BCUT2D eigenvalue weighted by atomic mass is 9.99. The molecule has 3 N–H and O–H groups in total. The average molecular weight is 268 g/mol. The monoisotopic (exact) mass is 268 g/mol. The number of nitrogen functional groups attached to an aromatic ring is 1. The van der Waals surface area contributed by atoms with Crippen LogP contribution in [0.1, 0.15) is 43.0 Å². The second-order valence-corrected chi connectivity index (χ2v) is 5.16. The zero-order chi connectivity index (χ0) is 14.0. The van der Waals surface area contributed by atoms with E-state index in [0.29, 0.717) is 12.0 Å². The van der Waals surface area contributed by atoms with Gasteiger partial charge in [-0.1, -0.05) is 12.8 Å². The number of nitrogens with two attached hydrogens (primary N) is 1. The fourth-order valence-electron chi connectivity index (χ4n) is 2.60. The number of halogens is 2. The SMILES string of the molecule is CC(NC(=O)c1cc(N)c(F)cc1F)C1CCCC1. The van der Waals surface area contributed by atoms with Crippen molar-refractivity contribution in [3.8, 4) is 0 Å². The third-order valence-corrected chi connectivity index (χ3v) is 3.80. The Morgan fingerprint density at radius 1 is 1.32 bits per heavy atom. The fraction of sp³-hybridized carbons (Fsp3) is 0.500. The minimum absolute atomic E-state index is 0.0133. The van der Waals surface area contributed by atoms with Gasteiger partial charge in [-0.25, -0.2) is 8.78 Å². The number of carbonyl (C=O) groups is 1. The Morgan fingerprint density at radius 2 is 1.95 bits per heavy atom. The molecule has 0 heterocycles. The lowest BCUT2D eigenvalue weighted by molar-refractivity contribution is 0.0923. The van der Waals surface area contributed by atoms with Crippen molar-refractivity contribution in [1.29, 1.82) is 0 Å². The summed E-state index contributed by atoms with van der Waals surface area (Å²) in [6.45, 7) is 1.92. The molecule has 1 amide bonds. The summed E-state index contributed by atoms with van der Waals surface area (Å²) in [7, 11) is 0. The second kappa shape index (κ2) is 5.55. The lowest BCUT2D eigenvalue weighted by Crippen LogP contribution is -2.37. The van der Waals surface area contributed by atoms with Gasteiger partial charge in [0.2, 0.25) is 0 Å². The van der Waals surface area contributed by atoms with E-state index in [4.69, 9.17) is 5.73 Å². The highest BCUT2D eigenvalue weighted by molar-refractivity contribution is 5.95. The number of anilines is 1. The summed E-state index contributed by atoms with van der Waals surface area (Å²) in [6.07, 6.45) is 4.50. The zero-order valence-corrected chi connectivity index (χ0v) is 10.9. The number of rotatable bonds is 3. The van der Waals surface area contributed by atoms with Gasteiger partial charge in [0.05, 0.1) is 11.3 Å². The number of nitrogens with one attached hydrogen (secondary N) is 1. The predicted octanol–water partition coefficient (Wildman–Crippen LogP) is 2.86. The highest BCUT2D eigenvalue weighted by atomic mass is 19.1. The van der Waals surface area contributed by atoms with E-state index in [1.165, 1.54) is 12.8 Å². The Morgan fingerprint density at radius 3 is 2.58 bits per heavy atom. The number of carbonyl (C=O) groups excluding carboxylic acids is 1. The molecule has 3 nitrogen and oxygen atoms in total. The Hall–Kier alpha value is -1.65. The lowest BCUT2D eigenvalue weighted by Gasteiger charge is -2.20. The molecule has 0 saturated heterocycles. The zero-order valence-electron chi connectivity index (χ0n) is 10.9. The standard InChI is InChI=1S/C14H18F2N2O/c1-8(9-4-2-3-5-9)18-14(19)10-6-13(17)12(16)7-11(10)15/h6-9H,2-5,17H2,1H3,(H,18,19). The first-order chi connectivity index (χ1) is 8.99. The van der Waals surface area contributed by atoms with Crippen LogP contribution >= 0.6 is 0 Å². The van der Waals surface area contributed by atoms with E-state index in [9.17, 15) is 13.6 Å². The van der Waals surface area contributed by atoms with Gasteiger partial charge in [-0.3, -0.25) is 4.79 Å². The van der Waals surface area contributed by atoms with Crippen LogP contribution in [0.25, 0.3) is 0 Å². The average Bonchev–Trinajstić information content (AvgIpc) is 2.87. The van der Waals surface area contributed by atoms with Gasteiger partial charge in [-0.15, -0.1) is 0 Å². The molecule has 0 bridgehead atoms. The molecule has 1 fully saturated rings. The maximum Gasteiger partial charge on any atom is 0.254 e. The van der Waals surface area contributed by atoms with Crippen molar-refractivity contribution in [2.45, 2.75) is 38.6 Å². The molecule has 1 aromatic carbocycles. The number of amides is 1. The quantitative estimate of drug-likeness (QED) is 0.828. The Labute approximate surface area is 111 Å². The first kappa shape index (κ1) is 13.8. The molecule has 0 aliphatic heterocycles. The largest absolute Gasteiger partial charge is 0.396 e. The summed E-state index contributed by atoms with van der Waals surface area (Å²) < 4.78 is 26.6. The third-order valence-electron chi connectivity index (χ3n) is 3.80. The normalized spacial score (nSPS) is 17.4. The fourth-order valence-corrected chi connectivity index (χ4v) is 2.60. The molecule has 19 heavy (non-hydrogen) atoms. The number of benzene rings is 1. The van der Waals surface area contributed by atoms with Crippen LogP contribution in [0.4, 0.5) is 14.5 Å². The van der Waals surface area contributed by atoms with E-state index in [1.807, 2.05) is 6.92 Å². The van der Waals surface area contributed by atoms with Gasteiger partial charge >= 0.3 is 0 Å². The molecule has 104 valence electrons. The van der Waals surface area contributed by atoms with Gasteiger partial charge in [0, 0.05) is 12.1 Å². The van der Waals surface area contributed by atoms with Crippen molar-refractivity contribution in [2.75, 3.05) is 5.73 Å². The molecular formula is C14H18F2N2O. The van der Waals surface area contributed by atoms with E-state index in [1.54, 1.807) is 0 Å². The number of hydrogen-bond acceptors (Lipinski definition) is 2. The molecule has 1 aliphatic rings. The topological polar surface area (TPSA) is 55.1 Å². The number of hydrogen-bond donors (Lipinski definition) is 2. The molecular weight excluding hydrogens is 250 g/mol. The Bertz CT molecular complexity index is 485. The third kappa shape index (κ3) is 3.03. The van der Waals surface area contributed by atoms with E-state index in [0.717, 1.165) is 18.9 Å². The summed E-state index contributed by atoms with van der Waals surface area (Å²) in [5, 5.41) is 2.77. The maximum atomic E-state index is 13.6. The van der Waals surface area contributed by atoms with Gasteiger partial charge in [-0.2, -0.15) is 0 Å². The molecule has 1 unspecified atom stereocenters. The second-order valence-electron chi connectivity index (χ2n) is 5.16. The van der Waals surface area contributed by atoms with Gasteiger partial charge in [-0.05, 0) is 31.7 Å². The van der Waals surface area contributed by atoms with E-state index >= 15 is 0 Å². The van der Waals surface area contributed by atoms with Crippen molar-refractivity contribution in [2.24, 2.45) is 5.92 Å². The summed E-state index contributed by atoms with van der Waals surface area (Å²) in [5.41, 5.74) is 4.93. The van der Waals surface area contributed by atoms with Gasteiger partial charge in [0.15, 0.2) is 0 Å². The highest BCUT2D eigenvalue weighted by Crippen LogP contribution is 2.27.